The number of halogens is 1. The van der Waals surface area contributed by atoms with Crippen LogP contribution in [0.25, 0.3) is 0 Å². The molecular weight excluding hydrogens is 304 g/mol. The van der Waals surface area contributed by atoms with Gasteiger partial charge in [0.2, 0.25) is 0 Å². The number of hydrogen-bond acceptors (Lipinski definition) is 4. The third-order valence-electron chi connectivity index (χ3n) is 2.12. The van der Waals surface area contributed by atoms with Crippen LogP contribution in [0.4, 0.5) is 5.69 Å². The minimum absolute atomic E-state index is 0.0419. The summed E-state index contributed by atoms with van der Waals surface area (Å²) in [6, 6.07) is 5.24. The lowest BCUT2D eigenvalue weighted by molar-refractivity contribution is 0.0690. The molecule has 0 amide bonds. The van der Waals surface area contributed by atoms with Gasteiger partial charge in [0, 0.05) is 21.2 Å². The predicted octanol–water partition coefficient (Wildman–Crippen LogP) is 3.22. The van der Waals surface area contributed by atoms with Gasteiger partial charge in [-0.25, -0.2) is 9.78 Å². The summed E-state index contributed by atoms with van der Waals surface area (Å²) in [4.78, 5) is 15.7. The highest BCUT2D eigenvalue weighted by Crippen LogP contribution is 2.23. The number of carboxylic acid groups (broad SMARTS) is 1. The number of pyridine rings is 1. The molecular formula is C11H9BrN2O2S. The zero-order valence-corrected chi connectivity index (χ0v) is 11.1. The molecule has 0 atom stereocenters. The first-order valence-corrected chi connectivity index (χ1v) is 6.49. The van der Waals surface area contributed by atoms with Gasteiger partial charge in [0.15, 0.2) is 0 Å². The van der Waals surface area contributed by atoms with Crippen molar-refractivity contribution in [3.8, 4) is 0 Å². The Balaban J connectivity index is 2.07. The van der Waals surface area contributed by atoms with Crippen LogP contribution in [0.2, 0.25) is 0 Å². The van der Waals surface area contributed by atoms with Gasteiger partial charge in [-0.05, 0) is 39.5 Å². The van der Waals surface area contributed by atoms with E-state index in [1.54, 1.807) is 17.4 Å². The van der Waals surface area contributed by atoms with E-state index >= 15 is 0 Å². The molecule has 0 aliphatic heterocycles. The molecule has 2 rings (SSSR count). The quantitative estimate of drug-likeness (QED) is 0.910. The fourth-order valence-electron chi connectivity index (χ4n) is 1.29. The summed E-state index contributed by atoms with van der Waals surface area (Å²) >= 11 is 5.08. The second-order valence-electron chi connectivity index (χ2n) is 3.28. The SMILES string of the molecule is O=C(O)c1cc(NCc2sccc2Br)ccn1. The predicted molar refractivity (Wildman–Crippen MR) is 70.5 cm³/mol. The molecule has 17 heavy (non-hydrogen) atoms. The van der Waals surface area contributed by atoms with Gasteiger partial charge in [0.1, 0.15) is 5.69 Å². The Morgan fingerprint density at radius 1 is 1.53 bits per heavy atom. The van der Waals surface area contributed by atoms with E-state index in [1.165, 1.54) is 17.1 Å². The topological polar surface area (TPSA) is 62.2 Å². The fraction of sp³-hybridized carbons (Fsp3) is 0.0909. The lowest BCUT2D eigenvalue weighted by Gasteiger charge is -2.05. The summed E-state index contributed by atoms with van der Waals surface area (Å²) in [7, 11) is 0. The van der Waals surface area contributed by atoms with Crippen LogP contribution >= 0.6 is 27.3 Å². The minimum atomic E-state index is -1.02. The average Bonchev–Trinajstić information content (AvgIpc) is 2.72. The molecule has 0 fully saturated rings. The Morgan fingerprint density at radius 3 is 3.00 bits per heavy atom. The minimum Gasteiger partial charge on any atom is -0.477 e. The average molecular weight is 313 g/mol. The standard InChI is InChI=1S/C11H9BrN2O2S/c12-8-2-4-17-10(8)6-14-7-1-3-13-9(5-7)11(15)16/h1-5H,6H2,(H,13,14)(H,15,16). The Labute approximate surface area is 110 Å². The smallest absolute Gasteiger partial charge is 0.354 e. The van der Waals surface area contributed by atoms with Gasteiger partial charge in [-0.3, -0.25) is 0 Å². The molecule has 0 saturated heterocycles. The van der Waals surface area contributed by atoms with Gasteiger partial charge in [-0.15, -0.1) is 11.3 Å². The van der Waals surface area contributed by atoms with E-state index in [1.807, 2.05) is 11.4 Å². The number of aromatic nitrogens is 1. The number of thiophene rings is 1. The van der Waals surface area contributed by atoms with Crippen LogP contribution in [0, 0.1) is 0 Å². The van der Waals surface area contributed by atoms with E-state index in [9.17, 15) is 4.79 Å². The monoisotopic (exact) mass is 312 g/mol. The molecule has 88 valence electrons. The van der Waals surface area contributed by atoms with Crippen molar-refractivity contribution in [3.05, 3.63) is 44.8 Å². The van der Waals surface area contributed by atoms with Crippen molar-refractivity contribution in [2.45, 2.75) is 6.54 Å². The van der Waals surface area contributed by atoms with Crippen LogP contribution in [0.1, 0.15) is 15.4 Å². The van der Waals surface area contributed by atoms with Crippen molar-refractivity contribution in [3.63, 3.8) is 0 Å². The van der Waals surface area contributed by atoms with E-state index < -0.39 is 5.97 Å². The summed E-state index contributed by atoms with van der Waals surface area (Å²) < 4.78 is 1.06. The van der Waals surface area contributed by atoms with Crippen LogP contribution < -0.4 is 5.32 Å². The van der Waals surface area contributed by atoms with Crippen LogP contribution in [-0.4, -0.2) is 16.1 Å². The fourth-order valence-corrected chi connectivity index (χ4v) is 2.72. The second kappa shape index (κ2) is 5.29. The molecule has 2 heterocycles. The van der Waals surface area contributed by atoms with E-state index in [-0.39, 0.29) is 5.69 Å². The first-order valence-electron chi connectivity index (χ1n) is 4.82. The zero-order chi connectivity index (χ0) is 12.3. The van der Waals surface area contributed by atoms with Crippen molar-refractivity contribution in [2.24, 2.45) is 0 Å². The number of anilines is 1. The highest BCUT2D eigenvalue weighted by Gasteiger charge is 2.05. The van der Waals surface area contributed by atoms with Gasteiger partial charge in [0.25, 0.3) is 0 Å². The molecule has 0 spiro atoms. The summed E-state index contributed by atoms with van der Waals surface area (Å²) in [6.07, 6.45) is 1.48. The van der Waals surface area contributed by atoms with Crippen LogP contribution in [0.3, 0.4) is 0 Å². The molecule has 0 radical (unpaired) electrons. The third kappa shape index (κ3) is 3.04. The number of aromatic carboxylic acids is 1. The summed E-state index contributed by atoms with van der Waals surface area (Å²) in [5.41, 5.74) is 0.790. The Bertz CT molecular complexity index is 542. The molecule has 0 aliphatic carbocycles. The lowest BCUT2D eigenvalue weighted by Crippen LogP contribution is -2.03. The number of nitrogens with zero attached hydrogens (tertiary/aromatic N) is 1. The number of carboxylic acids is 1. The number of rotatable bonds is 4. The highest BCUT2D eigenvalue weighted by molar-refractivity contribution is 9.10. The van der Waals surface area contributed by atoms with E-state index in [0.717, 1.165) is 10.2 Å². The molecule has 0 unspecified atom stereocenters. The van der Waals surface area contributed by atoms with Gasteiger partial charge in [-0.1, -0.05) is 0 Å². The molecule has 2 N–H and O–H groups in total. The van der Waals surface area contributed by atoms with Crippen molar-refractivity contribution >= 4 is 38.9 Å². The van der Waals surface area contributed by atoms with Gasteiger partial charge in [-0.2, -0.15) is 0 Å². The summed E-state index contributed by atoms with van der Waals surface area (Å²) in [6.45, 7) is 0.654. The molecule has 0 saturated carbocycles. The maximum atomic E-state index is 10.7. The number of hydrogen-bond donors (Lipinski definition) is 2. The molecule has 4 nitrogen and oxygen atoms in total. The number of carbonyl (C=O) groups is 1. The van der Waals surface area contributed by atoms with Crippen molar-refractivity contribution in [2.75, 3.05) is 5.32 Å². The first-order chi connectivity index (χ1) is 8.16. The first kappa shape index (κ1) is 12.1. The maximum Gasteiger partial charge on any atom is 0.354 e. The van der Waals surface area contributed by atoms with Gasteiger partial charge in [0.05, 0.1) is 6.54 Å². The number of nitrogens with one attached hydrogen (secondary N) is 1. The third-order valence-corrected chi connectivity index (χ3v) is 4.05. The van der Waals surface area contributed by atoms with Crippen molar-refractivity contribution < 1.29 is 9.90 Å². The zero-order valence-electron chi connectivity index (χ0n) is 8.68. The molecule has 2 aromatic rings. The molecule has 0 aliphatic rings. The van der Waals surface area contributed by atoms with Crippen molar-refractivity contribution in [1.29, 1.82) is 0 Å². The van der Waals surface area contributed by atoms with Gasteiger partial charge < -0.3 is 10.4 Å². The summed E-state index contributed by atoms with van der Waals surface area (Å²) in [5.74, 6) is -1.02. The van der Waals surface area contributed by atoms with Gasteiger partial charge >= 0.3 is 5.97 Å². The van der Waals surface area contributed by atoms with E-state index in [4.69, 9.17) is 5.11 Å². The van der Waals surface area contributed by atoms with Crippen molar-refractivity contribution in [1.82, 2.24) is 4.98 Å². The van der Waals surface area contributed by atoms with E-state index in [0.29, 0.717) is 6.54 Å². The highest BCUT2D eigenvalue weighted by atomic mass is 79.9. The Morgan fingerprint density at radius 2 is 2.35 bits per heavy atom. The second-order valence-corrected chi connectivity index (χ2v) is 5.14. The van der Waals surface area contributed by atoms with E-state index in [2.05, 4.69) is 26.2 Å². The van der Waals surface area contributed by atoms with Crippen LogP contribution in [0.5, 0.6) is 0 Å². The summed E-state index contributed by atoms with van der Waals surface area (Å²) in [5, 5.41) is 14.0. The maximum absolute atomic E-state index is 10.7. The molecule has 0 bridgehead atoms. The lowest BCUT2D eigenvalue weighted by atomic mass is 10.3. The normalized spacial score (nSPS) is 10.2. The van der Waals surface area contributed by atoms with Crippen LogP contribution in [0.15, 0.2) is 34.2 Å². The largest absolute Gasteiger partial charge is 0.477 e. The molecule has 2 aromatic heterocycles. The molecule has 6 heteroatoms. The van der Waals surface area contributed by atoms with Crippen LogP contribution in [-0.2, 0) is 6.54 Å². The Hall–Kier alpha value is -1.40. The molecule has 0 aromatic carbocycles. The Kier molecular flexibility index (Phi) is 3.75.